The van der Waals surface area contributed by atoms with Crippen LogP contribution in [0.5, 0.6) is 5.75 Å². The Balaban J connectivity index is 1.83. The van der Waals surface area contributed by atoms with Crippen LogP contribution in [0.1, 0.15) is 26.7 Å². The van der Waals surface area contributed by atoms with Gasteiger partial charge in [0, 0.05) is 19.4 Å². The monoisotopic (exact) mass is 247 g/mol. The van der Waals surface area contributed by atoms with E-state index in [1.54, 1.807) is 0 Å². The minimum Gasteiger partial charge on any atom is -0.489 e. The fourth-order valence-corrected chi connectivity index (χ4v) is 2.22. The van der Waals surface area contributed by atoms with Crippen LogP contribution in [0.2, 0.25) is 0 Å². The molecule has 98 valence electrons. The number of carbonyl (C=O) groups excluding carboxylic acids is 1. The van der Waals surface area contributed by atoms with Crippen LogP contribution in [0.3, 0.4) is 0 Å². The topological polar surface area (TPSA) is 29.5 Å². The van der Waals surface area contributed by atoms with Crippen LogP contribution < -0.4 is 4.74 Å². The molecule has 0 bridgehead atoms. The molecule has 0 saturated carbocycles. The molecule has 1 saturated heterocycles. The lowest BCUT2D eigenvalue weighted by Gasteiger charge is -2.18. The van der Waals surface area contributed by atoms with Crippen LogP contribution in [0.25, 0.3) is 0 Å². The van der Waals surface area contributed by atoms with Crippen molar-refractivity contribution in [1.82, 2.24) is 4.90 Å². The summed E-state index contributed by atoms with van der Waals surface area (Å²) in [6.07, 6.45) is 1.71. The average molecular weight is 247 g/mol. The van der Waals surface area contributed by atoms with Crippen LogP contribution in [0.15, 0.2) is 30.3 Å². The van der Waals surface area contributed by atoms with E-state index in [1.165, 1.54) is 0 Å². The second kappa shape index (κ2) is 5.89. The van der Waals surface area contributed by atoms with E-state index in [9.17, 15) is 4.79 Å². The van der Waals surface area contributed by atoms with E-state index < -0.39 is 0 Å². The fraction of sp³-hybridized carbons (Fsp3) is 0.533. The van der Waals surface area contributed by atoms with E-state index in [0.29, 0.717) is 12.3 Å². The van der Waals surface area contributed by atoms with Gasteiger partial charge in [0.25, 0.3) is 0 Å². The number of carbonyl (C=O) groups is 1. The molecule has 0 spiro atoms. The maximum atomic E-state index is 11.9. The minimum absolute atomic E-state index is 0.142. The van der Waals surface area contributed by atoms with Gasteiger partial charge in [0.05, 0.1) is 6.54 Å². The normalized spacial score (nSPS) is 19.3. The third-order valence-corrected chi connectivity index (χ3v) is 3.13. The first kappa shape index (κ1) is 12.9. The number of hydrogen-bond acceptors (Lipinski definition) is 2. The summed E-state index contributed by atoms with van der Waals surface area (Å²) in [6.45, 7) is 5.70. The first-order valence-corrected chi connectivity index (χ1v) is 6.64. The fourth-order valence-electron chi connectivity index (χ4n) is 2.22. The van der Waals surface area contributed by atoms with Gasteiger partial charge in [0.1, 0.15) is 11.9 Å². The summed E-state index contributed by atoms with van der Waals surface area (Å²) in [6, 6.07) is 9.81. The number of para-hydroxylation sites is 1. The summed E-state index contributed by atoms with van der Waals surface area (Å²) in [7, 11) is 0. The molecule has 1 amide bonds. The molecular weight excluding hydrogens is 226 g/mol. The molecule has 0 radical (unpaired) electrons. The number of hydrogen-bond donors (Lipinski definition) is 0. The summed E-state index contributed by atoms with van der Waals surface area (Å²) < 4.78 is 5.87. The number of rotatable bonds is 4. The zero-order valence-corrected chi connectivity index (χ0v) is 11.1. The molecule has 0 N–H and O–H groups in total. The molecule has 1 unspecified atom stereocenters. The predicted octanol–water partition coefficient (Wildman–Crippen LogP) is 2.71. The van der Waals surface area contributed by atoms with Crippen LogP contribution in [-0.4, -0.2) is 30.0 Å². The number of benzene rings is 1. The molecule has 2 rings (SSSR count). The highest BCUT2D eigenvalue weighted by Crippen LogP contribution is 2.19. The Kier molecular flexibility index (Phi) is 4.24. The Morgan fingerprint density at radius 1 is 1.39 bits per heavy atom. The lowest BCUT2D eigenvalue weighted by atomic mass is 10.1. The van der Waals surface area contributed by atoms with E-state index in [2.05, 4.69) is 13.8 Å². The van der Waals surface area contributed by atoms with E-state index >= 15 is 0 Å². The van der Waals surface area contributed by atoms with E-state index in [1.807, 2.05) is 35.2 Å². The van der Waals surface area contributed by atoms with Crippen molar-refractivity contribution in [2.75, 3.05) is 13.1 Å². The maximum absolute atomic E-state index is 11.9. The van der Waals surface area contributed by atoms with Crippen LogP contribution >= 0.6 is 0 Å². The lowest BCUT2D eigenvalue weighted by molar-refractivity contribution is -0.131. The van der Waals surface area contributed by atoms with Gasteiger partial charge in [-0.25, -0.2) is 0 Å². The van der Waals surface area contributed by atoms with E-state index in [4.69, 9.17) is 4.74 Å². The first-order valence-electron chi connectivity index (χ1n) is 6.64. The van der Waals surface area contributed by atoms with Crippen molar-refractivity contribution < 1.29 is 9.53 Å². The van der Waals surface area contributed by atoms with Crippen LogP contribution in [-0.2, 0) is 4.79 Å². The molecule has 18 heavy (non-hydrogen) atoms. The van der Waals surface area contributed by atoms with Crippen LogP contribution in [0.4, 0.5) is 0 Å². The smallest absolute Gasteiger partial charge is 0.222 e. The minimum atomic E-state index is 0.142. The summed E-state index contributed by atoms with van der Waals surface area (Å²) in [4.78, 5) is 13.8. The van der Waals surface area contributed by atoms with Gasteiger partial charge in [-0.15, -0.1) is 0 Å². The molecule has 0 aromatic heterocycles. The van der Waals surface area contributed by atoms with Crippen molar-refractivity contribution in [3.8, 4) is 5.75 Å². The summed E-state index contributed by atoms with van der Waals surface area (Å²) >= 11 is 0. The summed E-state index contributed by atoms with van der Waals surface area (Å²) in [5.41, 5.74) is 0. The standard InChI is InChI=1S/C15H21NO2/c1-12(2)10-15(17)16-9-8-14(11-16)18-13-6-4-3-5-7-13/h3-7,12,14H,8-11H2,1-2H3. The Hall–Kier alpha value is -1.51. The third-order valence-electron chi connectivity index (χ3n) is 3.13. The SMILES string of the molecule is CC(C)CC(=O)N1CCC(Oc2ccccc2)C1. The summed E-state index contributed by atoms with van der Waals surface area (Å²) in [5, 5.41) is 0. The second-order valence-electron chi connectivity index (χ2n) is 5.28. The number of ether oxygens (including phenoxy) is 1. The average Bonchev–Trinajstić information content (AvgIpc) is 2.78. The Morgan fingerprint density at radius 3 is 2.78 bits per heavy atom. The van der Waals surface area contributed by atoms with Crippen LogP contribution in [0, 0.1) is 5.92 Å². The second-order valence-corrected chi connectivity index (χ2v) is 5.28. The van der Waals surface area contributed by atoms with Gasteiger partial charge in [-0.3, -0.25) is 4.79 Å². The molecule has 1 fully saturated rings. The highest BCUT2D eigenvalue weighted by molar-refractivity contribution is 5.76. The van der Waals surface area contributed by atoms with Crippen molar-refractivity contribution in [3.63, 3.8) is 0 Å². The molecular formula is C15H21NO2. The number of likely N-dealkylation sites (tertiary alicyclic amines) is 1. The quantitative estimate of drug-likeness (QED) is 0.818. The molecule has 3 nitrogen and oxygen atoms in total. The molecule has 3 heteroatoms. The van der Waals surface area contributed by atoms with Crippen molar-refractivity contribution in [1.29, 1.82) is 0 Å². The molecule has 1 heterocycles. The molecule has 1 aliphatic rings. The number of nitrogens with zero attached hydrogens (tertiary/aromatic N) is 1. The van der Waals surface area contributed by atoms with Gasteiger partial charge < -0.3 is 9.64 Å². The van der Waals surface area contributed by atoms with Crippen molar-refractivity contribution in [2.45, 2.75) is 32.8 Å². The highest BCUT2D eigenvalue weighted by Gasteiger charge is 2.27. The first-order chi connectivity index (χ1) is 8.65. The zero-order valence-electron chi connectivity index (χ0n) is 11.1. The van der Waals surface area contributed by atoms with Gasteiger partial charge in [0.2, 0.25) is 5.91 Å². The lowest BCUT2D eigenvalue weighted by Crippen LogP contribution is -2.31. The molecule has 1 aliphatic heterocycles. The third kappa shape index (κ3) is 3.49. The Morgan fingerprint density at radius 2 is 2.11 bits per heavy atom. The molecule has 1 atom stereocenters. The molecule has 1 aromatic carbocycles. The molecule has 0 aliphatic carbocycles. The van der Waals surface area contributed by atoms with Gasteiger partial charge in [-0.05, 0) is 18.1 Å². The van der Waals surface area contributed by atoms with Crippen molar-refractivity contribution in [3.05, 3.63) is 30.3 Å². The van der Waals surface area contributed by atoms with E-state index in [0.717, 1.165) is 25.3 Å². The van der Waals surface area contributed by atoms with Crippen molar-refractivity contribution in [2.24, 2.45) is 5.92 Å². The highest BCUT2D eigenvalue weighted by atomic mass is 16.5. The van der Waals surface area contributed by atoms with Gasteiger partial charge in [-0.1, -0.05) is 32.0 Å². The Labute approximate surface area is 109 Å². The van der Waals surface area contributed by atoms with Gasteiger partial charge in [-0.2, -0.15) is 0 Å². The largest absolute Gasteiger partial charge is 0.489 e. The Bertz CT molecular complexity index is 389. The van der Waals surface area contributed by atoms with Gasteiger partial charge in [0.15, 0.2) is 0 Å². The van der Waals surface area contributed by atoms with Crippen molar-refractivity contribution >= 4 is 5.91 Å². The van der Waals surface area contributed by atoms with Gasteiger partial charge >= 0.3 is 0 Å². The predicted molar refractivity (Wildman–Crippen MR) is 71.5 cm³/mol. The number of amides is 1. The molecule has 1 aromatic rings. The van der Waals surface area contributed by atoms with E-state index in [-0.39, 0.29) is 12.0 Å². The zero-order chi connectivity index (χ0) is 13.0. The summed E-state index contributed by atoms with van der Waals surface area (Å²) in [5.74, 6) is 1.57. The maximum Gasteiger partial charge on any atom is 0.222 e.